The second-order valence-corrected chi connectivity index (χ2v) is 9.54. The molecule has 2 aliphatic rings. The minimum atomic E-state index is -0.212. The zero-order valence-electron chi connectivity index (χ0n) is 21.6. The first-order valence-electron chi connectivity index (χ1n) is 12.1. The molecule has 0 saturated carbocycles. The number of nitrogens with zero attached hydrogens (tertiary/aromatic N) is 6. The number of anilines is 5. The molecule has 190 valence electrons. The van der Waals surface area contributed by atoms with Gasteiger partial charge >= 0.3 is 6.03 Å². The Kier molecular flexibility index (Phi) is 6.24. The predicted molar refractivity (Wildman–Crippen MR) is 144 cm³/mol. The first kappa shape index (κ1) is 24.2. The molecule has 1 atom stereocenters. The third kappa shape index (κ3) is 4.82. The van der Waals surface area contributed by atoms with E-state index in [1.807, 2.05) is 70.3 Å². The lowest BCUT2D eigenvalue weighted by atomic mass is 9.96. The zero-order chi connectivity index (χ0) is 26.3. The lowest BCUT2D eigenvalue weighted by Crippen LogP contribution is -2.46. The lowest BCUT2D eigenvalue weighted by molar-refractivity contribution is -0.118. The third-order valence-electron chi connectivity index (χ3n) is 6.59. The summed E-state index contributed by atoms with van der Waals surface area (Å²) in [5, 5.41) is 10.5. The molecule has 10 heteroatoms. The molecule has 5 rings (SSSR count). The maximum atomic E-state index is 13.4. The molecular weight excluding hydrogens is 468 g/mol. The number of fused-ring (bicyclic) bond motifs is 1. The number of amides is 3. The van der Waals surface area contributed by atoms with Crippen LogP contribution >= 0.6 is 0 Å². The summed E-state index contributed by atoms with van der Waals surface area (Å²) in [5.74, 6) is 1.42. The summed E-state index contributed by atoms with van der Waals surface area (Å²) in [5.41, 5.74) is 5.06. The SMILES string of the molecule is CC1=CC(C(=O)Nc2ccc(C)c(N3Cc4cnc(Nc5cc(C)nn5C)nc4N(C)C3=O)c2)CC=C1. The fourth-order valence-electron chi connectivity index (χ4n) is 4.64. The zero-order valence-corrected chi connectivity index (χ0v) is 21.6. The summed E-state index contributed by atoms with van der Waals surface area (Å²) < 4.78 is 1.71. The summed E-state index contributed by atoms with van der Waals surface area (Å²) in [6, 6.07) is 7.31. The molecule has 2 aromatic heterocycles. The Morgan fingerprint density at radius 1 is 1.14 bits per heavy atom. The van der Waals surface area contributed by atoms with Crippen molar-refractivity contribution in [1.29, 1.82) is 0 Å². The second kappa shape index (κ2) is 9.53. The van der Waals surface area contributed by atoms with Crippen LogP contribution in [0.2, 0.25) is 0 Å². The van der Waals surface area contributed by atoms with Gasteiger partial charge in [-0.3, -0.25) is 19.3 Å². The molecule has 0 bridgehead atoms. The van der Waals surface area contributed by atoms with Crippen molar-refractivity contribution in [2.45, 2.75) is 33.7 Å². The summed E-state index contributed by atoms with van der Waals surface area (Å²) >= 11 is 0. The highest BCUT2D eigenvalue weighted by Gasteiger charge is 2.32. The number of rotatable bonds is 5. The van der Waals surface area contributed by atoms with Crippen molar-refractivity contribution in [1.82, 2.24) is 19.7 Å². The molecule has 2 N–H and O–H groups in total. The van der Waals surface area contributed by atoms with Crippen LogP contribution in [-0.2, 0) is 18.4 Å². The maximum absolute atomic E-state index is 13.4. The summed E-state index contributed by atoms with van der Waals surface area (Å²) in [6.07, 6.45) is 8.41. The number of benzene rings is 1. The van der Waals surface area contributed by atoms with Crippen molar-refractivity contribution in [2.24, 2.45) is 13.0 Å². The molecule has 1 aliphatic heterocycles. The van der Waals surface area contributed by atoms with Gasteiger partial charge in [-0.1, -0.05) is 29.9 Å². The Balaban J connectivity index is 1.38. The van der Waals surface area contributed by atoms with Gasteiger partial charge in [-0.25, -0.2) is 9.78 Å². The van der Waals surface area contributed by atoms with Gasteiger partial charge in [0.2, 0.25) is 11.9 Å². The summed E-state index contributed by atoms with van der Waals surface area (Å²) in [7, 11) is 3.54. The van der Waals surface area contributed by atoms with E-state index >= 15 is 0 Å². The van der Waals surface area contributed by atoms with E-state index < -0.39 is 0 Å². The molecule has 3 amide bonds. The quantitative estimate of drug-likeness (QED) is 0.532. The molecule has 0 saturated heterocycles. The highest BCUT2D eigenvalue weighted by atomic mass is 16.2. The van der Waals surface area contributed by atoms with E-state index in [0.29, 0.717) is 30.4 Å². The van der Waals surface area contributed by atoms with Crippen LogP contribution in [0.5, 0.6) is 0 Å². The summed E-state index contributed by atoms with van der Waals surface area (Å²) in [6.45, 7) is 6.16. The normalized spacial score (nSPS) is 16.9. The standard InChI is InChI=1S/C27H30N8O2/c1-16-7-6-8-19(11-16)25(36)29-21-10-9-17(2)22(13-21)35-15-20-14-28-26(31-24(20)33(4)27(35)37)30-23-12-18(3)32-34(23)5/h6-7,9-14,19H,8,15H2,1-5H3,(H,29,36)(H,28,30,31). The van der Waals surface area contributed by atoms with Crippen LogP contribution in [-0.4, -0.2) is 38.7 Å². The van der Waals surface area contributed by atoms with E-state index in [1.165, 1.54) is 4.90 Å². The van der Waals surface area contributed by atoms with E-state index in [0.717, 1.165) is 33.9 Å². The third-order valence-corrected chi connectivity index (χ3v) is 6.59. The molecule has 37 heavy (non-hydrogen) atoms. The van der Waals surface area contributed by atoms with Gasteiger partial charge in [0.25, 0.3) is 0 Å². The predicted octanol–water partition coefficient (Wildman–Crippen LogP) is 4.61. The van der Waals surface area contributed by atoms with E-state index in [1.54, 1.807) is 22.8 Å². The van der Waals surface area contributed by atoms with Gasteiger partial charge in [-0.15, -0.1) is 0 Å². The number of nitrogens with one attached hydrogen (secondary N) is 2. The number of allylic oxidation sites excluding steroid dienone is 3. The average molecular weight is 499 g/mol. The number of carbonyl (C=O) groups excluding carboxylic acids is 2. The van der Waals surface area contributed by atoms with Crippen LogP contribution in [0.1, 0.15) is 30.2 Å². The van der Waals surface area contributed by atoms with Gasteiger partial charge in [0, 0.05) is 37.6 Å². The Labute approximate surface area is 215 Å². The summed E-state index contributed by atoms with van der Waals surface area (Å²) in [4.78, 5) is 38.6. The van der Waals surface area contributed by atoms with E-state index in [-0.39, 0.29) is 17.9 Å². The molecule has 0 spiro atoms. The smallest absolute Gasteiger partial charge is 0.325 e. The van der Waals surface area contributed by atoms with Crippen LogP contribution in [0, 0.1) is 19.8 Å². The van der Waals surface area contributed by atoms with Crippen molar-refractivity contribution < 1.29 is 9.59 Å². The molecule has 3 aromatic rings. The monoisotopic (exact) mass is 498 g/mol. The van der Waals surface area contributed by atoms with Gasteiger partial charge in [-0.05, 0) is 44.9 Å². The fraction of sp³-hybridized carbons (Fsp3) is 0.296. The average Bonchev–Trinajstić information content (AvgIpc) is 3.19. The van der Waals surface area contributed by atoms with Gasteiger partial charge < -0.3 is 10.6 Å². The molecule has 3 heterocycles. The molecule has 1 unspecified atom stereocenters. The minimum Gasteiger partial charge on any atom is -0.325 e. The molecule has 0 fully saturated rings. The van der Waals surface area contributed by atoms with E-state index in [2.05, 4.69) is 25.7 Å². The number of aromatic nitrogens is 4. The molecule has 10 nitrogen and oxygen atoms in total. The van der Waals surface area contributed by atoms with E-state index in [9.17, 15) is 9.59 Å². The Morgan fingerprint density at radius 3 is 2.68 bits per heavy atom. The fourth-order valence-corrected chi connectivity index (χ4v) is 4.64. The number of aryl methyl sites for hydroxylation is 3. The molecule has 0 radical (unpaired) electrons. The number of hydrogen-bond donors (Lipinski definition) is 2. The first-order chi connectivity index (χ1) is 17.7. The van der Waals surface area contributed by atoms with Crippen molar-refractivity contribution in [2.75, 3.05) is 27.5 Å². The van der Waals surface area contributed by atoms with Crippen LogP contribution in [0.4, 0.5) is 33.8 Å². The van der Waals surface area contributed by atoms with Crippen molar-refractivity contribution >= 4 is 40.9 Å². The van der Waals surface area contributed by atoms with Gasteiger partial charge in [-0.2, -0.15) is 10.1 Å². The largest absolute Gasteiger partial charge is 0.330 e. The minimum absolute atomic E-state index is 0.0667. The second-order valence-electron chi connectivity index (χ2n) is 9.54. The van der Waals surface area contributed by atoms with Crippen LogP contribution in [0.3, 0.4) is 0 Å². The Hall–Kier alpha value is -4.47. The van der Waals surface area contributed by atoms with E-state index in [4.69, 9.17) is 0 Å². The maximum Gasteiger partial charge on any atom is 0.330 e. The van der Waals surface area contributed by atoms with Crippen LogP contribution < -0.4 is 20.4 Å². The van der Waals surface area contributed by atoms with Crippen molar-refractivity contribution in [3.63, 3.8) is 0 Å². The van der Waals surface area contributed by atoms with Crippen LogP contribution in [0.25, 0.3) is 0 Å². The van der Waals surface area contributed by atoms with Gasteiger partial charge in [0.05, 0.1) is 23.8 Å². The number of urea groups is 1. The topological polar surface area (TPSA) is 108 Å². The highest BCUT2D eigenvalue weighted by Crippen LogP contribution is 2.33. The van der Waals surface area contributed by atoms with Gasteiger partial charge in [0.1, 0.15) is 11.6 Å². The lowest BCUT2D eigenvalue weighted by Gasteiger charge is -2.35. The van der Waals surface area contributed by atoms with Crippen LogP contribution in [0.15, 0.2) is 54.3 Å². The molecule has 1 aromatic carbocycles. The Morgan fingerprint density at radius 2 is 1.95 bits per heavy atom. The van der Waals surface area contributed by atoms with Crippen molar-refractivity contribution in [3.05, 3.63) is 71.1 Å². The molecule has 1 aliphatic carbocycles. The first-order valence-corrected chi connectivity index (χ1v) is 12.1. The highest BCUT2D eigenvalue weighted by molar-refractivity contribution is 6.06. The van der Waals surface area contributed by atoms with Crippen molar-refractivity contribution in [3.8, 4) is 0 Å². The Bertz CT molecular complexity index is 1450. The number of carbonyl (C=O) groups is 2. The number of hydrogen-bond acceptors (Lipinski definition) is 6. The van der Waals surface area contributed by atoms with Gasteiger partial charge in [0.15, 0.2) is 0 Å². The molecular formula is C27H30N8O2.